The van der Waals surface area contributed by atoms with Crippen LogP contribution >= 0.6 is 0 Å². The van der Waals surface area contributed by atoms with E-state index in [1.165, 1.54) is 30.5 Å². The summed E-state index contributed by atoms with van der Waals surface area (Å²) in [6.07, 6.45) is 2.35. The molecule has 0 radical (unpaired) electrons. The molecule has 0 aromatic heterocycles. The van der Waals surface area contributed by atoms with Crippen LogP contribution in [0.5, 0.6) is 0 Å². The van der Waals surface area contributed by atoms with Crippen LogP contribution in [0.1, 0.15) is 38.2 Å². The molecule has 0 spiro atoms. The fourth-order valence-corrected chi connectivity index (χ4v) is 2.35. The zero-order valence-corrected chi connectivity index (χ0v) is 11.0. The standard InChI is InChI=1S/C17H19F/c1-3-13(4-2)14-5-7-15(8-6-14)16-9-11-17(18)12-10-16/h5-13H,3-4H2,1-2H3. The first-order valence-corrected chi connectivity index (χ1v) is 6.60. The van der Waals surface area contributed by atoms with Crippen molar-refractivity contribution in [1.29, 1.82) is 0 Å². The molecule has 2 aromatic rings. The molecule has 0 saturated carbocycles. The van der Waals surface area contributed by atoms with E-state index in [1.807, 2.05) is 12.1 Å². The Balaban J connectivity index is 2.24. The van der Waals surface area contributed by atoms with Crippen molar-refractivity contribution in [2.24, 2.45) is 0 Å². The summed E-state index contributed by atoms with van der Waals surface area (Å²) in [4.78, 5) is 0. The van der Waals surface area contributed by atoms with Gasteiger partial charge in [0.05, 0.1) is 0 Å². The van der Waals surface area contributed by atoms with E-state index in [-0.39, 0.29) is 5.82 Å². The lowest BCUT2D eigenvalue weighted by atomic mass is 9.92. The lowest BCUT2D eigenvalue weighted by molar-refractivity contribution is 0.628. The van der Waals surface area contributed by atoms with E-state index in [0.717, 1.165) is 11.1 Å². The normalized spacial score (nSPS) is 10.9. The largest absolute Gasteiger partial charge is 0.207 e. The minimum atomic E-state index is -0.188. The topological polar surface area (TPSA) is 0 Å². The predicted molar refractivity (Wildman–Crippen MR) is 75.2 cm³/mol. The molecule has 0 aliphatic heterocycles. The minimum Gasteiger partial charge on any atom is -0.207 e. The van der Waals surface area contributed by atoms with Crippen molar-refractivity contribution >= 4 is 0 Å². The second-order valence-corrected chi connectivity index (χ2v) is 4.64. The summed E-state index contributed by atoms with van der Waals surface area (Å²) in [5.41, 5.74) is 3.60. The van der Waals surface area contributed by atoms with Gasteiger partial charge in [-0.2, -0.15) is 0 Å². The van der Waals surface area contributed by atoms with E-state index in [1.54, 1.807) is 0 Å². The molecule has 18 heavy (non-hydrogen) atoms. The van der Waals surface area contributed by atoms with Gasteiger partial charge in [0.2, 0.25) is 0 Å². The first-order valence-electron chi connectivity index (χ1n) is 6.60. The third-order valence-electron chi connectivity index (χ3n) is 3.55. The first-order chi connectivity index (χ1) is 8.74. The first kappa shape index (κ1) is 12.8. The zero-order valence-electron chi connectivity index (χ0n) is 11.0. The molecule has 0 saturated heterocycles. The Hall–Kier alpha value is -1.63. The molecule has 0 amide bonds. The Bertz CT molecular complexity index is 478. The van der Waals surface area contributed by atoms with E-state index < -0.39 is 0 Å². The van der Waals surface area contributed by atoms with Gasteiger partial charge >= 0.3 is 0 Å². The summed E-state index contributed by atoms with van der Waals surface area (Å²) in [6, 6.07) is 15.3. The van der Waals surface area contributed by atoms with Crippen molar-refractivity contribution in [3.05, 3.63) is 59.9 Å². The predicted octanol–water partition coefficient (Wildman–Crippen LogP) is 5.40. The van der Waals surface area contributed by atoms with Crippen molar-refractivity contribution in [1.82, 2.24) is 0 Å². The van der Waals surface area contributed by atoms with Crippen LogP contribution in [0.4, 0.5) is 4.39 Å². The Morgan fingerprint density at radius 3 is 1.67 bits per heavy atom. The summed E-state index contributed by atoms with van der Waals surface area (Å²) < 4.78 is 12.9. The summed E-state index contributed by atoms with van der Waals surface area (Å²) >= 11 is 0. The molecule has 94 valence electrons. The fraction of sp³-hybridized carbons (Fsp3) is 0.294. The lowest BCUT2D eigenvalue weighted by Gasteiger charge is -2.13. The molecule has 0 heterocycles. The zero-order chi connectivity index (χ0) is 13.0. The monoisotopic (exact) mass is 242 g/mol. The molecule has 1 heteroatoms. The molecular weight excluding hydrogens is 223 g/mol. The van der Waals surface area contributed by atoms with E-state index in [0.29, 0.717) is 5.92 Å². The smallest absolute Gasteiger partial charge is 0.123 e. The van der Waals surface area contributed by atoms with Gasteiger partial charge in [0, 0.05) is 0 Å². The molecule has 0 aliphatic rings. The second kappa shape index (κ2) is 5.81. The molecule has 2 rings (SSSR count). The molecule has 0 N–H and O–H groups in total. The van der Waals surface area contributed by atoms with Crippen LogP contribution < -0.4 is 0 Å². The number of benzene rings is 2. The van der Waals surface area contributed by atoms with E-state index >= 15 is 0 Å². The van der Waals surface area contributed by atoms with Gasteiger partial charge in [-0.25, -0.2) is 4.39 Å². The van der Waals surface area contributed by atoms with E-state index in [4.69, 9.17) is 0 Å². The number of hydrogen-bond acceptors (Lipinski definition) is 0. The Morgan fingerprint density at radius 1 is 0.778 bits per heavy atom. The van der Waals surface area contributed by atoms with Crippen molar-refractivity contribution < 1.29 is 4.39 Å². The van der Waals surface area contributed by atoms with Gasteiger partial charge in [-0.15, -0.1) is 0 Å². The van der Waals surface area contributed by atoms with Crippen molar-refractivity contribution in [3.63, 3.8) is 0 Å². The Morgan fingerprint density at radius 2 is 1.22 bits per heavy atom. The molecule has 0 atom stereocenters. The van der Waals surface area contributed by atoms with Crippen molar-refractivity contribution in [2.45, 2.75) is 32.6 Å². The number of halogens is 1. The highest BCUT2D eigenvalue weighted by Gasteiger charge is 2.06. The van der Waals surface area contributed by atoms with Gasteiger partial charge in [0.1, 0.15) is 5.82 Å². The summed E-state index contributed by atoms with van der Waals surface area (Å²) in [5.74, 6) is 0.458. The second-order valence-electron chi connectivity index (χ2n) is 4.64. The number of hydrogen-bond donors (Lipinski definition) is 0. The van der Waals surface area contributed by atoms with E-state index in [2.05, 4.69) is 38.1 Å². The molecule has 0 fully saturated rings. The molecule has 0 bridgehead atoms. The molecular formula is C17H19F. The van der Waals surface area contributed by atoms with Crippen LogP contribution in [0, 0.1) is 5.82 Å². The third kappa shape index (κ3) is 2.79. The lowest BCUT2D eigenvalue weighted by Crippen LogP contribution is -1.94. The maximum Gasteiger partial charge on any atom is 0.123 e. The van der Waals surface area contributed by atoms with Crippen LogP contribution in [-0.4, -0.2) is 0 Å². The summed E-state index contributed by atoms with van der Waals surface area (Å²) in [5, 5.41) is 0. The van der Waals surface area contributed by atoms with Crippen LogP contribution in [0.2, 0.25) is 0 Å². The third-order valence-corrected chi connectivity index (χ3v) is 3.55. The Kier molecular flexibility index (Phi) is 4.14. The maximum absolute atomic E-state index is 12.9. The van der Waals surface area contributed by atoms with Crippen LogP contribution in [0.3, 0.4) is 0 Å². The molecule has 2 aromatic carbocycles. The van der Waals surface area contributed by atoms with Gasteiger partial charge in [-0.1, -0.05) is 50.2 Å². The Labute approximate surface area is 108 Å². The average molecular weight is 242 g/mol. The van der Waals surface area contributed by atoms with Crippen LogP contribution in [0.25, 0.3) is 11.1 Å². The van der Waals surface area contributed by atoms with Crippen LogP contribution in [0.15, 0.2) is 48.5 Å². The quantitative estimate of drug-likeness (QED) is 0.673. The molecule has 0 aliphatic carbocycles. The summed E-state index contributed by atoms with van der Waals surface area (Å²) in [6.45, 7) is 4.45. The van der Waals surface area contributed by atoms with Gasteiger partial charge in [-0.3, -0.25) is 0 Å². The van der Waals surface area contributed by atoms with Crippen molar-refractivity contribution in [3.8, 4) is 11.1 Å². The highest BCUT2D eigenvalue weighted by atomic mass is 19.1. The molecule has 0 nitrogen and oxygen atoms in total. The summed E-state index contributed by atoms with van der Waals surface area (Å²) in [7, 11) is 0. The van der Waals surface area contributed by atoms with Crippen molar-refractivity contribution in [2.75, 3.05) is 0 Å². The SMILES string of the molecule is CCC(CC)c1ccc(-c2ccc(F)cc2)cc1. The van der Waals surface area contributed by atoms with Gasteiger partial charge in [0.15, 0.2) is 0 Å². The minimum absolute atomic E-state index is 0.188. The maximum atomic E-state index is 12.9. The highest BCUT2D eigenvalue weighted by Crippen LogP contribution is 2.26. The van der Waals surface area contributed by atoms with Gasteiger partial charge < -0.3 is 0 Å². The van der Waals surface area contributed by atoms with E-state index in [9.17, 15) is 4.39 Å². The molecule has 0 unspecified atom stereocenters. The number of rotatable bonds is 4. The van der Waals surface area contributed by atoms with Gasteiger partial charge in [0.25, 0.3) is 0 Å². The van der Waals surface area contributed by atoms with Crippen LogP contribution in [-0.2, 0) is 0 Å². The average Bonchev–Trinajstić information content (AvgIpc) is 2.42. The van der Waals surface area contributed by atoms with Gasteiger partial charge in [-0.05, 0) is 47.6 Å². The highest BCUT2D eigenvalue weighted by molar-refractivity contribution is 5.63. The fourth-order valence-electron chi connectivity index (χ4n) is 2.35.